The molecule has 1 aliphatic rings. The summed E-state index contributed by atoms with van der Waals surface area (Å²) >= 11 is 6.46. The first-order valence-electron chi connectivity index (χ1n) is 11.3. The molecule has 1 saturated heterocycles. The summed E-state index contributed by atoms with van der Waals surface area (Å²) in [5.74, 6) is -0.0735. The fraction of sp³-hybridized carbons (Fsp3) is 0.818. The van der Waals surface area contributed by atoms with Gasteiger partial charge in [0.05, 0.1) is 12.5 Å². The molecular weight excluding hydrogens is 483 g/mol. The number of H-pyrrole nitrogens is 1. The number of rotatable bonds is 7. The molecule has 190 valence electrons. The SMILES string of the molecule is CC(C)(C)[Si](C)(C)OC[C@@]1(CCl)O[C@@H](n2ccc(=O)[nH]c2=O)[C@@H](F)C1O[Si](C)(C)C(C)(C)C. The second kappa shape index (κ2) is 9.35. The first-order chi connectivity index (χ1) is 14.8. The molecule has 33 heavy (non-hydrogen) atoms. The van der Waals surface area contributed by atoms with Crippen molar-refractivity contribution in [1.82, 2.24) is 9.55 Å². The lowest BCUT2D eigenvalue weighted by molar-refractivity contribution is -0.110. The first kappa shape index (κ1) is 28.5. The molecule has 1 aromatic heterocycles. The minimum atomic E-state index is -2.45. The average Bonchev–Trinajstić information content (AvgIpc) is 2.91. The van der Waals surface area contributed by atoms with Gasteiger partial charge >= 0.3 is 5.69 Å². The smallest absolute Gasteiger partial charge is 0.330 e. The number of hydrogen-bond acceptors (Lipinski definition) is 5. The summed E-state index contributed by atoms with van der Waals surface area (Å²) in [6.07, 6.45) is -2.79. The van der Waals surface area contributed by atoms with Crippen molar-refractivity contribution in [1.29, 1.82) is 0 Å². The molecule has 7 nitrogen and oxygen atoms in total. The van der Waals surface area contributed by atoms with Crippen LogP contribution < -0.4 is 11.2 Å². The van der Waals surface area contributed by atoms with Gasteiger partial charge in [-0.25, -0.2) is 9.18 Å². The number of aromatic nitrogens is 2. The van der Waals surface area contributed by atoms with Crippen LogP contribution in [-0.4, -0.2) is 56.5 Å². The van der Waals surface area contributed by atoms with Gasteiger partial charge in [-0.2, -0.15) is 0 Å². The van der Waals surface area contributed by atoms with Gasteiger partial charge in [-0.1, -0.05) is 41.5 Å². The van der Waals surface area contributed by atoms with E-state index in [2.05, 4.69) is 59.6 Å². The molecule has 2 heterocycles. The van der Waals surface area contributed by atoms with Crippen LogP contribution in [0.15, 0.2) is 21.9 Å². The highest BCUT2D eigenvalue weighted by atomic mass is 35.5. The van der Waals surface area contributed by atoms with Gasteiger partial charge in [-0.05, 0) is 36.3 Å². The van der Waals surface area contributed by atoms with E-state index >= 15 is 4.39 Å². The quantitative estimate of drug-likeness (QED) is 0.411. The molecule has 0 aromatic carbocycles. The van der Waals surface area contributed by atoms with Crippen LogP contribution in [-0.2, 0) is 13.6 Å². The number of nitrogens with zero attached hydrogens (tertiary/aromatic N) is 1. The maximum Gasteiger partial charge on any atom is 0.330 e. The third kappa shape index (κ3) is 5.73. The second-order valence-corrected chi connectivity index (χ2v) is 21.8. The summed E-state index contributed by atoms with van der Waals surface area (Å²) in [4.78, 5) is 26.1. The van der Waals surface area contributed by atoms with Crippen molar-refractivity contribution in [3.05, 3.63) is 33.1 Å². The van der Waals surface area contributed by atoms with Gasteiger partial charge in [0.2, 0.25) is 0 Å². The van der Waals surface area contributed by atoms with Crippen LogP contribution in [0.25, 0.3) is 0 Å². The van der Waals surface area contributed by atoms with Crippen molar-refractivity contribution in [2.75, 3.05) is 12.5 Å². The normalized spacial score (nSPS) is 27.2. The highest BCUT2D eigenvalue weighted by Crippen LogP contribution is 2.47. The molecule has 4 atom stereocenters. The number of aromatic amines is 1. The minimum Gasteiger partial charge on any atom is -0.414 e. The number of halogens is 2. The Balaban J connectivity index is 2.54. The summed E-state index contributed by atoms with van der Waals surface area (Å²) in [7, 11) is -4.67. The van der Waals surface area contributed by atoms with Crippen molar-refractivity contribution in [2.24, 2.45) is 0 Å². The van der Waals surface area contributed by atoms with Gasteiger partial charge < -0.3 is 13.6 Å². The van der Waals surface area contributed by atoms with Crippen LogP contribution in [0.5, 0.6) is 0 Å². The molecule has 0 spiro atoms. The molecule has 1 aromatic rings. The largest absolute Gasteiger partial charge is 0.414 e. The molecule has 0 saturated carbocycles. The number of ether oxygens (including phenoxy) is 1. The zero-order valence-corrected chi connectivity index (χ0v) is 24.3. The Morgan fingerprint density at radius 2 is 1.67 bits per heavy atom. The number of alkyl halides is 2. The molecule has 0 radical (unpaired) electrons. The van der Waals surface area contributed by atoms with Crippen LogP contribution in [0.2, 0.25) is 36.3 Å². The lowest BCUT2D eigenvalue weighted by atomic mass is 9.99. The van der Waals surface area contributed by atoms with Crippen LogP contribution in [0.3, 0.4) is 0 Å². The van der Waals surface area contributed by atoms with E-state index in [1.165, 1.54) is 6.20 Å². The molecular formula is C22H40ClFN2O5Si2. The molecule has 1 fully saturated rings. The maximum atomic E-state index is 16.1. The first-order valence-corrected chi connectivity index (χ1v) is 17.6. The molecule has 11 heteroatoms. The Labute approximate surface area is 203 Å². The van der Waals surface area contributed by atoms with E-state index in [9.17, 15) is 9.59 Å². The van der Waals surface area contributed by atoms with E-state index in [-0.39, 0.29) is 22.6 Å². The fourth-order valence-corrected chi connectivity index (χ4v) is 5.76. The zero-order valence-electron chi connectivity index (χ0n) is 21.5. The van der Waals surface area contributed by atoms with E-state index in [1.54, 1.807) is 0 Å². The Bertz CT molecular complexity index is 954. The lowest BCUT2D eigenvalue weighted by Gasteiger charge is -2.44. The average molecular weight is 523 g/mol. The van der Waals surface area contributed by atoms with Crippen LogP contribution in [0, 0.1) is 0 Å². The topological polar surface area (TPSA) is 82.5 Å². The second-order valence-electron chi connectivity index (χ2n) is 12.0. The summed E-state index contributed by atoms with van der Waals surface area (Å²) in [6, 6.07) is 1.16. The van der Waals surface area contributed by atoms with E-state index < -0.39 is 52.0 Å². The van der Waals surface area contributed by atoms with Crippen molar-refractivity contribution >= 4 is 28.2 Å². The Kier molecular flexibility index (Phi) is 8.06. The fourth-order valence-electron chi connectivity index (χ4n) is 3.10. The summed E-state index contributed by atoms with van der Waals surface area (Å²) in [5, 5.41) is -0.253. The van der Waals surface area contributed by atoms with Crippen molar-refractivity contribution in [3.8, 4) is 0 Å². The lowest BCUT2D eigenvalue weighted by Crippen LogP contribution is -2.57. The monoisotopic (exact) mass is 522 g/mol. The van der Waals surface area contributed by atoms with Crippen molar-refractivity contribution < 1.29 is 18.0 Å². The number of nitrogens with one attached hydrogen (secondary N) is 1. The van der Waals surface area contributed by atoms with Crippen molar-refractivity contribution in [2.45, 2.75) is 102 Å². The van der Waals surface area contributed by atoms with Crippen molar-refractivity contribution in [3.63, 3.8) is 0 Å². The molecule has 1 aliphatic heterocycles. The highest BCUT2D eigenvalue weighted by Gasteiger charge is 2.60. The van der Waals surface area contributed by atoms with Gasteiger partial charge in [-0.15, -0.1) is 11.6 Å². The molecule has 0 bridgehead atoms. The zero-order chi connectivity index (χ0) is 25.6. The summed E-state index contributed by atoms with van der Waals surface area (Å²) in [6.45, 7) is 20.9. The summed E-state index contributed by atoms with van der Waals surface area (Å²) in [5.41, 5.74) is -2.62. The Hall–Kier alpha value is -0.786. The Morgan fingerprint density at radius 3 is 2.12 bits per heavy atom. The van der Waals surface area contributed by atoms with Crippen LogP contribution in [0.1, 0.15) is 47.8 Å². The molecule has 2 rings (SSSR count). The molecule has 1 unspecified atom stereocenters. The van der Waals surface area contributed by atoms with E-state index in [0.717, 1.165) is 10.6 Å². The third-order valence-corrected chi connectivity index (χ3v) is 16.9. The molecule has 0 aliphatic carbocycles. The van der Waals surface area contributed by atoms with Gasteiger partial charge in [0.25, 0.3) is 5.56 Å². The van der Waals surface area contributed by atoms with Gasteiger partial charge in [-0.3, -0.25) is 14.3 Å². The maximum absolute atomic E-state index is 16.1. The van der Waals surface area contributed by atoms with Gasteiger partial charge in [0.1, 0.15) is 11.7 Å². The van der Waals surface area contributed by atoms with E-state index in [0.29, 0.717) is 0 Å². The highest BCUT2D eigenvalue weighted by molar-refractivity contribution is 6.74. The van der Waals surface area contributed by atoms with E-state index in [1.807, 2.05) is 13.1 Å². The van der Waals surface area contributed by atoms with Crippen LogP contribution in [0.4, 0.5) is 4.39 Å². The predicted octanol–water partition coefficient (Wildman–Crippen LogP) is 4.79. The van der Waals surface area contributed by atoms with Gasteiger partial charge in [0.15, 0.2) is 29.0 Å². The summed E-state index contributed by atoms with van der Waals surface area (Å²) < 4.78 is 36.4. The minimum absolute atomic E-state index is 0.0430. The third-order valence-electron chi connectivity index (χ3n) is 7.50. The number of hydrogen-bond donors (Lipinski definition) is 1. The van der Waals surface area contributed by atoms with Crippen LogP contribution >= 0.6 is 11.6 Å². The predicted molar refractivity (Wildman–Crippen MR) is 135 cm³/mol. The molecule has 0 amide bonds. The van der Waals surface area contributed by atoms with Gasteiger partial charge in [0, 0.05) is 12.3 Å². The van der Waals surface area contributed by atoms with E-state index in [4.69, 9.17) is 25.2 Å². The Morgan fingerprint density at radius 1 is 1.12 bits per heavy atom. The molecule has 1 N–H and O–H groups in total. The standard InChI is InChI=1S/C22H40ClFN2O5Si2/c1-20(2,3)32(7,8)29-14-22(13-23)17(31-33(9,10)21(4,5)6)16(24)18(30-22)26-12-11-15(27)25-19(26)28/h11-12,16-18H,13-14H2,1-10H3,(H,25,27,28)/t16-,17?,18+,22+/m0/s1.